The van der Waals surface area contributed by atoms with Crippen molar-refractivity contribution in [3.05, 3.63) is 50.9 Å². The van der Waals surface area contributed by atoms with Crippen molar-refractivity contribution in [1.82, 2.24) is 19.8 Å². The summed E-state index contributed by atoms with van der Waals surface area (Å²) in [5, 5.41) is 1.17. The second kappa shape index (κ2) is 11.6. The van der Waals surface area contributed by atoms with Crippen molar-refractivity contribution >= 4 is 47.0 Å². The van der Waals surface area contributed by atoms with Gasteiger partial charge in [-0.15, -0.1) is 0 Å². The molecule has 35 heavy (non-hydrogen) atoms. The van der Waals surface area contributed by atoms with Gasteiger partial charge in [0.25, 0.3) is 0 Å². The Hall–Kier alpha value is -2.29. The van der Waals surface area contributed by atoms with Gasteiger partial charge in [0.1, 0.15) is 11.1 Å². The summed E-state index contributed by atoms with van der Waals surface area (Å²) in [6, 6.07) is 5.11. The van der Waals surface area contributed by atoms with E-state index in [1.165, 1.54) is 11.1 Å². The third-order valence-corrected chi connectivity index (χ3v) is 6.39. The summed E-state index contributed by atoms with van der Waals surface area (Å²) in [6.07, 6.45) is 2.37. The largest absolute Gasteiger partial charge is 0.469 e. The van der Waals surface area contributed by atoms with Crippen LogP contribution in [0.4, 0.5) is 9.59 Å². The molecule has 1 aromatic heterocycles. The molecule has 0 aliphatic carbocycles. The van der Waals surface area contributed by atoms with Crippen LogP contribution in [-0.4, -0.2) is 50.6 Å². The van der Waals surface area contributed by atoms with Gasteiger partial charge >= 0.3 is 12.2 Å². The van der Waals surface area contributed by atoms with E-state index < -0.39 is 23.8 Å². The molecule has 0 spiro atoms. The lowest BCUT2D eigenvalue weighted by Crippen LogP contribution is -2.48. The Morgan fingerprint density at radius 2 is 1.80 bits per heavy atom. The van der Waals surface area contributed by atoms with Crippen molar-refractivity contribution in [3.63, 3.8) is 0 Å². The fraction of sp³-hybridized carbons (Fsp3) is 0.500. The maximum absolute atomic E-state index is 12.9. The fourth-order valence-electron chi connectivity index (χ4n) is 3.59. The Balaban J connectivity index is 1.75. The predicted octanol–water partition coefficient (Wildman–Crippen LogP) is 6.92. The molecule has 1 fully saturated rings. The number of hydrogen-bond acceptors (Lipinski definition) is 6. The minimum Gasteiger partial charge on any atom is -0.469 e. The van der Waals surface area contributed by atoms with Crippen molar-refractivity contribution < 1.29 is 19.1 Å². The second-order valence-electron chi connectivity index (χ2n) is 9.30. The van der Waals surface area contributed by atoms with Crippen LogP contribution in [0.5, 0.6) is 5.88 Å². The highest BCUT2D eigenvalue weighted by Crippen LogP contribution is 2.32. The molecular weight excluding hydrogens is 515 g/mol. The molecule has 1 aliphatic rings. The standard InChI is InChI=1S/C24H29Cl3N4O4/c1-15(17-9-8-16(25)12-18(17)26)34-21-19(27)13-28-20(29-21)14-31(24(2,3)4)23(33)35-22(32)30-10-6-5-7-11-30/h8-9,12-13,15H,5-7,10-11,14H2,1-4H3. The number of ether oxygens (including phenoxy) is 2. The lowest BCUT2D eigenvalue weighted by molar-refractivity contribution is 0.0626. The summed E-state index contributed by atoms with van der Waals surface area (Å²) in [4.78, 5) is 37.0. The lowest BCUT2D eigenvalue weighted by atomic mass is 10.1. The number of likely N-dealkylation sites (tertiary alicyclic amines) is 1. The van der Waals surface area contributed by atoms with Gasteiger partial charge < -0.3 is 14.4 Å². The van der Waals surface area contributed by atoms with E-state index in [1.807, 2.05) is 20.8 Å². The molecule has 0 saturated carbocycles. The first-order chi connectivity index (χ1) is 16.5. The Morgan fingerprint density at radius 3 is 2.43 bits per heavy atom. The van der Waals surface area contributed by atoms with Crippen molar-refractivity contribution in [1.29, 1.82) is 0 Å². The minimum atomic E-state index is -0.768. The Kier molecular flexibility index (Phi) is 9.07. The molecule has 1 saturated heterocycles. The van der Waals surface area contributed by atoms with E-state index in [9.17, 15) is 9.59 Å². The van der Waals surface area contributed by atoms with E-state index in [0.717, 1.165) is 19.3 Å². The predicted molar refractivity (Wildman–Crippen MR) is 135 cm³/mol. The highest BCUT2D eigenvalue weighted by molar-refractivity contribution is 6.35. The quantitative estimate of drug-likeness (QED) is 0.381. The lowest BCUT2D eigenvalue weighted by Gasteiger charge is -2.34. The number of piperidine rings is 1. The average molecular weight is 544 g/mol. The van der Waals surface area contributed by atoms with Gasteiger partial charge in [-0.25, -0.2) is 14.6 Å². The first kappa shape index (κ1) is 27.3. The van der Waals surface area contributed by atoms with Crippen LogP contribution in [0, 0.1) is 0 Å². The molecule has 2 amide bonds. The average Bonchev–Trinajstić information content (AvgIpc) is 2.79. The monoisotopic (exact) mass is 542 g/mol. The SMILES string of the molecule is CC(Oc1nc(CN(C(=O)OC(=O)N2CCCCC2)C(C)(C)C)ncc1Cl)c1ccc(Cl)cc1Cl. The topological polar surface area (TPSA) is 84.9 Å². The molecule has 190 valence electrons. The van der Waals surface area contributed by atoms with Crippen LogP contribution in [0.2, 0.25) is 15.1 Å². The number of benzene rings is 1. The van der Waals surface area contributed by atoms with Crippen molar-refractivity contribution in [3.8, 4) is 5.88 Å². The summed E-state index contributed by atoms with van der Waals surface area (Å²) in [5.41, 5.74) is 0.0383. The normalized spacial score (nSPS) is 14.9. The van der Waals surface area contributed by atoms with Gasteiger partial charge in [-0.3, -0.25) is 4.90 Å². The van der Waals surface area contributed by atoms with Crippen molar-refractivity contribution in [2.45, 2.75) is 65.1 Å². The maximum atomic E-state index is 12.9. The van der Waals surface area contributed by atoms with Gasteiger partial charge in [-0.05, 0) is 59.1 Å². The molecule has 0 bridgehead atoms. The van der Waals surface area contributed by atoms with E-state index >= 15 is 0 Å². The van der Waals surface area contributed by atoms with E-state index in [-0.39, 0.29) is 23.3 Å². The molecule has 0 radical (unpaired) electrons. The van der Waals surface area contributed by atoms with Crippen LogP contribution >= 0.6 is 34.8 Å². The van der Waals surface area contributed by atoms with Gasteiger partial charge in [0, 0.05) is 34.2 Å². The highest BCUT2D eigenvalue weighted by atomic mass is 35.5. The second-order valence-corrected chi connectivity index (χ2v) is 10.6. The number of carbonyl (C=O) groups is 2. The molecule has 0 N–H and O–H groups in total. The van der Waals surface area contributed by atoms with Crippen LogP contribution in [0.25, 0.3) is 0 Å². The van der Waals surface area contributed by atoms with Crippen LogP contribution in [0.3, 0.4) is 0 Å². The fourth-order valence-corrected chi connectivity index (χ4v) is 4.29. The van der Waals surface area contributed by atoms with Gasteiger partial charge in [0.2, 0.25) is 5.88 Å². The zero-order valence-corrected chi connectivity index (χ0v) is 22.5. The first-order valence-electron chi connectivity index (χ1n) is 11.4. The molecule has 8 nitrogen and oxygen atoms in total. The highest BCUT2D eigenvalue weighted by Gasteiger charge is 2.32. The number of hydrogen-bond donors (Lipinski definition) is 0. The van der Waals surface area contributed by atoms with E-state index in [4.69, 9.17) is 44.3 Å². The number of nitrogens with zero attached hydrogens (tertiary/aromatic N) is 4. The third-order valence-electron chi connectivity index (χ3n) is 5.57. The number of halogens is 3. The zero-order chi connectivity index (χ0) is 25.8. The smallest absolute Gasteiger partial charge is 0.419 e. The minimum absolute atomic E-state index is 0.0147. The van der Waals surface area contributed by atoms with Crippen LogP contribution in [-0.2, 0) is 11.3 Å². The Bertz CT molecular complexity index is 1070. The van der Waals surface area contributed by atoms with E-state index in [0.29, 0.717) is 28.7 Å². The zero-order valence-electron chi connectivity index (χ0n) is 20.2. The van der Waals surface area contributed by atoms with Crippen molar-refractivity contribution in [2.24, 2.45) is 0 Å². The molecule has 2 heterocycles. The summed E-state index contributed by atoms with van der Waals surface area (Å²) in [7, 11) is 0. The maximum Gasteiger partial charge on any atom is 0.419 e. The van der Waals surface area contributed by atoms with E-state index in [2.05, 4.69) is 9.97 Å². The molecule has 1 unspecified atom stereocenters. The third kappa shape index (κ3) is 7.35. The Morgan fingerprint density at radius 1 is 1.11 bits per heavy atom. The summed E-state index contributed by atoms with van der Waals surface area (Å²) in [5.74, 6) is 0.415. The van der Waals surface area contributed by atoms with Gasteiger partial charge in [-0.2, -0.15) is 4.98 Å². The Labute approximate surface area is 220 Å². The number of carbonyl (C=O) groups excluding carboxylic acids is 2. The van der Waals surface area contributed by atoms with Gasteiger partial charge in [0.05, 0.1) is 12.7 Å². The number of amides is 2. The molecule has 1 aliphatic heterocycles. The van der Waals surface area contributed by atoms with Gasteiger partial charge in [-0.1, -0.05) is 40.9 Å². The van der Waals surface area contributed by atoms with Crippen LogP contribution < -0.4 is 4.74 Å². The van der Waals surface area contributed by atoms with Crippen molar-refractivity contribution in [2.75, 3.05) is 13.1 Å². The molecule has 1 atom stereocenters. The number of rotatable bonds is 5. The van der Waals surface area contributed by atoms with E-state index in [1.54, 1.807) is 30.0 Å². The summed E-state index contributed by atoms with van der Waals surface area (Å²) < 4.78 is 11.1. The van der Waals surface area contributed by atoms with Crippen LogP contribution in [0.15, 0.2) is 24.4 Å². The van der Waals surface area contributed by atoms with Gasteiger partial charge in [0.15, 0.2) is 5.82 Å². The number of aromatic nitrogens is 2. The first-order valence-corrected chi connectivity index (χ1v) is 12.5. The molecule has 11 heteroatoms. The molecule has 1 aromatic carbocycles. The molecule has 2 aromatic rings. The van der Waals surface area contributed by atoms with Crippen LogP contribution in [0.1, 0.15) is 64.4 Å². The molecule has 3 rings (SSSR count). The summed E-state index contributed by atoms with van der Waals surface area (Å²) >= 11 is 18.6. The molecular formula is C24H29Cl3N4O4. The summed E-state index contributed by atoms with van der Waals surface area (Å²) in [6.45, 7) is 8.45.